The first-order valence-electron chi connectivity index (χ1n) is 14.0. The fourth-order valence-corrected chi connectivity index (χ4v) is 12.3. The van der Waals surface area contributed by atoms with Crippen molar-refractivity contribution >= 4 is 20.0 Å². The summed E-state index contributed by atoms with van der Waals surface area (Å²) in [6.07, 6.45) is 0.882. The first-order valence-corrected chi connectivity index (χ1v) is 16.1. The van der Waals surface area contributed by atoms with E-state index >= 15 is 0 Å². The minimum Gasteiger partial charge on any atom is -0.467 e. The summed E-state index contributed by atoms with van der Waals surface area (Å²) in [5.74, 6) is -1.13. The summed E-state index contributed by atoms with van der Waals surface area (Å²) in [7, 11) is -2.82. The Balaban J connectivity index is 1.85. The number of carbonyl (C=O) groups is 2. The molecule has 1 spiro atoms. The van der Waals surface area contributed by atoms with Crippen molar-refractivity contribution in [2.24, 2.45) is 0 Å². The third-order valence-electron chi connectivity index (χ3n) is 8.65. The molecule has 1 unspecified atom stereocenters. The number of aliphatic hydroxyl groups is 2. The first kappa shape index (κ1) is 29.7. The van der Waals surface area contributed by atoms with Crippen LogP contribution in [0.3, 0.4) is 0 Å². The lowest BCUT2D eigenvalue weighted by atomic mass is 9.84. The van der Waals surface area contributed by atoms with Crippen LogP contribution in [0.1, 0.15) is 73.5 Å². The number of hydrogen-bond acceptors (Lipinski definition) is 7. The van der Waals surface area contributed by atoms with Gasteiger partial charge in [-0.25, -0.2) is 0 Å². The summed E-state index contributed by atoms with van der Waals surface area (Å²) < 4.78 is 19.2. The number of nitrogens with one attached hydrogen (secondary N) is 1. The van der Waals surface area contributed by atoms with Crippen molar-refractivity contribution < 1.29 is 33.7 Å². The van der Waals surface area contributed by atoms with Crippen LogP contribution < -0.4 is 5.32 Å². The molecule has 0 bridgehead atoms. The molecular weight excluding hydrogens is 514 g/mol. The van der Waals surface area contributed by atoms with Gasteiger partial charge < -0.3 is 29.4 Å². The molecule has 1 amide bonds. The lowest BCUT2D eigenvalue weighted by molar-refractivity contribution is -0.180. The number of epoxide rings is 1. The van der Waals surface area contributed by atoms with Gasteiger partial charge in [0, 0.05) is 5.57 Å². The Hall–Kier alpha value is -2.30. The molecule has 0 aromatic heterocycles. The smallest absolute Gasteiger partial charge is 0.277 e. The zero-order valence-electron chi connectivity index (χ0n) is 24.2. The second-order valence-corrected chi connectivity index (χ2v) is 17.3. The Morgan fingerprint density at radius 2 is 1.67 bits per heavy atom. The van der Waals surface area contributed by atoms with Crippen LogP contribution in [0.25, 0.3) is 0 Å². The number of Topliss-reactive ketones (excluding diaryl/α,β-unsaturated/α-hetero) is 1. The van der Waals surface area contributed by atoms with E-state index in [-0.39, 0.29) is 34.1 Å². The Morgan fingerprint density at radius 1 is 1.08 bits per heavy atom. The van der Waals surface area contributed by atoms with E-state index in [9.17, 15) is 19.8 Å². The van der Waals surface area contributed by atoms with Crippen molar-refractivity contribution in [1.29, 1.82) is 0 Å². The van der Waals surface area contributed by atoms with Crippen molar-refractivity contribution in [3.05, 3.63) is 59.4 Å². The van der Waals surface area contributed by atoms with Crippen LogP contribution in [-0.2, 0) is 23.5 Å². The molecule has 39 heavy (non-hydrogen) atoms. The topological polar surface area (TPSA) is 118 Å². The van der Waals surface area contributed by atoms with Gasteiger partial charge in [0.25, 0.3) is 11.5 Å². The fourth-order valence-electron chi connectivity index (χ4n) is 6.69. The Bertz CT molecular complexity index is 1140. The van der Waals surface area contributed by atoms with Crippen LogP contribution in [0.4, 0.5) is 0 Å². The largest absolute Gasteiger partial charge is 0.467 e. The van der Waals surface area contributed by atoms with E-state index in [0.29, 0.717) is 5.56 Å². The van der Waals surface area contributed by atoms with Crippen molar-refractivity contribution in [2.45, 2.75) is 114 Å². The van der Waals surface area contributed by atoms with Gasteiger partial charge in [-0.3, -0.25) is 9.59 Å². The predicted molar refractivity (Wildman–Crippen MR) is 150 cm³/mol. The standard InChI is InChI=1S/C30H43NO7Si/c1-9-10-16-22-24(36-22)23-20(8)25(32)29(37-23)27(38-39(17(2)3,18(4)5)19(6)7)30(35,31-28(29)34)26(33)21-14-12-11-13-15-21/h10-19,22,24,26-27,33,35H,9H2,1-8H3,(H,31,34)/b16-10-/t22-,24-,26?,27-,29-,30-/m1/s1. The minimum atomic E-state index is -2.82. The molecule has 3 N–H and O–H groups in total. The molecule has 0 aliphatic carbocycles. The molecule has 6 atom stereocenters. The number of rotatable bonds is 10. The maximum Gasteiger partial charge on any atom is 0.277 e. The Kier molecular flexibility index (Phi) is 8.06. The van der Waals surface area contributed by atoms with Crippen molar-refractivity contribution in [3.63, 3.8) is 0 Å². The van der Waals surface area contributed by atoms with Crippen LogP contribution in [0.5, 0.6) is 0 Å². The number of ether oxygens (including phenoxy) is 2. The van der Waals surface area contributed by atoms with E-state index in [2.05, 4.69) is 46.9 Å². The van der Waals surface area contributed by atoms with Crippen LogP contribution in [0.2, 0.25) is 16.6 Å². The molecular formula is C30H43NO7Si. The van der Waals surface area contributed by atoms with Gasteiger partial charge in [0.05, 0.1) is 0 Å². The lowest BCUT2D eigenvalue weighted by Gasteiger charge is -2.48. The molecule has 9 heteroatoms. The Labute approximate surface area is 232 Å². The highest BCUT2D eigenvalue weighted by atomic mass is 28.4. The lowest BCUT2D eigenvalue weighted by Crippen LogP contribution is -2.65. The molecule has 3 aliphatic heterocycles. The van der Waals surface area contributed by atoms with E-state index in [1.165, 1.54) is 0 Å². The quantitative estimate of drug-likeness (QED) is 0.168. The highest BCUT2D eigenvalue weighted by molar-refractivity contribution is 6.77. The third-order valence-corrected chi connectivity index (χ3v) is 14.7. The van der Waals surface area contributed by atoms with Gasteiger partial charge >= 0.3 is 0 Å². The van der Waals surface area contributed by atoms with Gasteiger partial charge in [-0.05, 0) is 35.5 Å². The summed E-state index contributed by atoms with van der Waals surface area (Å²) >= 11 is 0. The van der Waals surface area contributed by atoms with Gasteiger partial charge in [-0.1, -0.05) is 91.0 Å². The van der Waals surface area contributed by atoms with Gasteiger partial charge in [0.2, 0.25) is 14.1 Å². The number of amides is 1. The van der Waals surface area contributed by atoms with Gasteiger partial charge in [-0.2, -0.15) is 0 Å². The SMILES string of the molecule is CC/C=C\[C@H]1O[C@H]1C1=C(C)C(=O)[C@]2(O1)C(=O)N[C@@](O)(C(O)c1ccccc1)[C@@H]2O[Si](C(C)C)(C(C)C)C(C)C. The molecule has 1 aromatic carbocycles. The number of benzene rings is 1. The van der Waals surface area contributed by atoms with Crippen LogP contribution in [0, 0.1) is 0 Å². The van der Waals surface area contributed by atoms with E-state index in [1.54, 1.807) is 37.3 Å². The molecule has 2 fully saturated rings. The summed E-state index contributed by atoms with van der Waals surface area (Å²) in [5.41, 5.74) is -3.66. The second kappa shape index (κ2) is 10.6. The molecule has 4 rings (SSSR count). The molecule has 3 heterocycles. The highest BCUT2D eigenvalue weighted by Crippen LogP contribution is 2.53. The van der Waals surface area contributed by atoms with Crippen molar-refractivity contribution in [1.82, 2.24) is 5.32 Å². The second-order valence-electron chi connectivity index (χ2n) is 11.9. The van der Waals surface area contributed by atoms with Gasteiger partial charge in [-0.15, -0.1) is 0 Å². The molecule has 2 saturated heterocycles. The zero-order chi connectivity index (χ0) is 28.9. The molecule has 0 radical (unpaired) electrons. The summed E-state index contributed by atoms with van der Waals surface area (Å²) in [6, 6.07) is 8.57. The zero-order valence-corrected chi connectivity index (χ0v) is 25.2. The number of carbonyl (C=O) groups excluding carboxylic acids is 2. The number of aliphatic hydroxyl groups excluding tert-OH is 1. The molecule has 3 aliphatic rings. The summed E-state index contributed by atoms with van der Waals surface area (Å²) in [4.78, 5) is 28.0. The predicted octanol–water partition coefficient (Wildman–Crippen LogP) is 4.44. The highest BCUT2D eigenvalue weighted by Gasteiger charge is 2.76. The average Bonchev–Trinajstić information content (AvgIpc) is 3.56. The van der Waals surface area contributed by atoms with E-state index in [1.807, 2.05) is 19.1 Å². The van der Waals surface area contributed by atoms with Crippen LogP contribution in [0.15, 0.2) is 53.8 Å². The van der Waals surface area contributed by atoms with Crippen LogP contribution >= 0.6 is 0 Å². The van der Waals surface area contributed by atoms with E-state index in [0.717, 1.165) is 6.42 Å². The summed E-state index contributed by atoms with van der Waals surface area (Å²) in [6.45, 7) is 16.1. The third kappa shape index (κ3) is 4.52. The normalized spacial score (nSPS) is 31.8. The van der Waals surface area contributed by atoms with Crippen LogP contribution in [-0.4, -0.2) is 59.9 Å². The maximum absolute atomic E-state index is 14.1. The number of allylic oxidation sites excluding steroid dienone is 1. The molecule has 8 nitrogen and oxygen atoms in total. The fraction of sp³-hybridized carbons (Fsp3) is 0.600. The van der Waals surface area contributed by atoms with E-state index < -0.39 is 49.6 Å². The van der Waals surface area contributed by atoms with Crippen molar-refractivity contribution in [3.8, 4) is 0 Å². The van der Waals surface area contributed by atoms with Crippen molar-refractivity contribution in [2.75, 3.05) is 0 Å². The number of ketones is 1. The Morgan fingerprint density at radius 3 is 2.21 bits per heavy atom. The summed E-state index contributed by atoms with van der Waals surface area (Å²) in [5, 5.41) is 26.3. The van der Waals surface area contributed by atoms with Gasteiger partial charge in [0.15, 0.2) is 11.8 Å². The molecule has 0 saturated carbocycles. The average molecular weight is 558 g/mol. The van der Waals surface area contributed by atoms with E-state index in [4.69, 9.17) is 13.9 Å². The first-order chi connectivity index (χ1) is 18.3. The number of hydrogen-bond donors (Lipinski definition) is 3. The molecule has 214 valence electrons. The molecule has 1 aromatic rings. The monoisotopic (exact) mass is 557 g/mol. The van der Waals surface area contributed by atoms with Gasteiger partial charge in [0.1, 0.15) is 24.1 Å². The maximum atomic E-state index is 14.1. The minimum absolute atomic E-state index is 0.0729.